The molecule has 0 saturated carbocycles. The SMILES string of the molecule is CCOc1cc(N2CCOCC2)c(OCC)cc1NC(=O)CN(C)C1CCN(C(C)C)CC1. The Kier molecular flexibility index (Phi) is 9.64. The predicted octanol–water partition coefficient (Wildman–Crippen LogP) is 3.06. The molecular weight excluding hydrogens is 420 g/mol. The van der Waals surface area contributed by atoms with Gasteiger partial charge in [0.2, 0.25) is 5.91 Å². The van der Waals surface area contributed by atoms with E-state index in [1.165, 1.54) is 0 Å². The van der Waals surface area contributed by atoms with Gasteiger partial charge in [-0.15, -0.1) is 0 Å². The van der Waals surface area contributed by atoms with Crippen LogP contribution in [0.3, 0.4) is 0 Å². The van der Waals surface area contributed by atoms with Crippen molar-refractivity contribution in [2.75, 3.05) is 76.4 Å². The Bertz CT molecular complexity index is 759. The molecule has 2 aliphatic rings. The molecule has 1 amide bonds. The summed E-state index contributed by atoms with van der Waals surface area (Å²) in [7, 11) is 2.05. The van der Waals surface area contributed by atoms with Crippen molar-refractivity contribution < 1.29 is 19.0 Å². The average Bonchev–Trinajstić information content (AvgIpc) is 2.81. The summed E-state index contributed by atoms with van der Waals surface area (Å²) in [6.07, 6.45) is 2.18. The number of carbonyl (C=O) groups excluding carboxylic acids is 1. The van der Waals surface area contributed by atoms with Crippen LogP contribution in [0.4, 0.5) is 11.4 Å². The number of likely N-dealkylation sites (tertiary alicyclic amines) is 1. The number of likely N-dealkylation sites (N-methyl/N-ethyl adjacent to an activating group) is 1. The molecule has 0 aliphatic carbocycles. The van der Waals surface area contributed by atoms with E-state index in [0.29, 0.717) is 56.5 Å². The molecular formula is C25H42N4O4. The Morgan fingerprint density at radius 2 is 1.73 bits per heavy atom. The summed E-state index contributed by atoms with van der Waals surface area (Å²) in [5, 5.41) is 3.08. The van der Waals surface area contributed by atoms with E-state index in [1.807, 2.05) is 33.0 Å². The van der Waals surface area contributed by atoms with Crippen LogP contribution < -0.4 is 19.7 Å². The second-order valence-corrected chi connectivity index (χ2v) is 9.11. The van der Waals surface area contributed by atoms with Crippen LogP contribution in [0.1, 0.15) is 40.5 Å². The van der Waals surface area contributed by atoms with Crippen LogP contribution in [0.15, 0.2) is 12.1 Å². The van der Waals surface area contributed by atoms with Crippen molar-refractivity contribution in [3.63, 3.8) is 0 Å². The zero-order chi connectivity index (χ0) is 23.8. The van der Waals surface area contributed by atoms with Gasteiger partial charge in [0, 0.05) is 37.3 Å². The maximum Gasteiger partial charge on any atom is 0.238 e. The van der Waals surface area contributed by atoms with Gasteiger partial charge in [0.05, 0.1) is 44.3 Å². The number of piperidine rings is 1. The van der Waals surface area contributed by atoms with Crippen molar-refractivity contribution >= 4 is 17.3 Å². The fourth-order valence-corrected chi connectivity index (χ4v) is 4.63. The third-order valence-electron chi connectivity index (χ3n) is 6.53. The number of hydrogen-bond donors (Lipinski definition) is 1. The van der Waals surface area contributed by atoms with Crippen LogP contribution in [0, 0.1) is 0 Å². The van der Waals surface area contributed by atoms with E-state index in [0.717, 1.165) is 50.5 Å². The average molecular weight is 463 g/mol. The van der Waals surface area contributed by atoms with Crippen LogP contribution >= 0.6 is 0 Å². The summed E-state index contributed by atoms with van der Waals surface area (Å²) in [6.45, 7) is 15.0. The minimum absolute atomic E-state index is 0.0358. The van der Waals surface area contributed by atoms with Gasteiger partial charge in [-0.3, -0.25) is 9.69 Å². The van der Waals surface area contributed by atoms with Crippen LogP contribution in [-0.2, 0) is 9.53 Å². The molecule has 0 aromatic heterocycles. The van der Waals surface area contributed by atoms with Crippen molar-refractivity contribution in [3.05, 3.63) is 12.1 Å². The second-order valence-electron chi connectivity index (χ2n) is 9.11. The highest BCUT2D eigenvalue weighted by molar-refractivity contribution is 5.94. The molecule has 2 saturated heterocycles. The topological polar surface area (TPSA) is 66.5 Å². The summed E-state index contributed by atoms with van der Waals surface area (Å²) >= 11 is 0. The number of ether oxygens (including phenoxy) is 3. The van der Waals surface area contributed by atoms with Gasteiger partial charge >= 0.3 is 0 Å². The van der Waals surface area contributed by atoms with Gasteiger partial charge in [-0.2, -0.15) is 0 Å². The molecule has 0 bridgehead atoms. The van der Waals surface area contributed by atoms with Gasteiger partial charge in [-0.1, -0.05) is 0 Å². The molecule has 186 valence electrons. The normalized spacial score (nSPS) is 18.1. The van der Waals surface area contributed by atoms with Crippen LogP contribution in [0.2, 0.25) is 0 Å². The Morgan fingerprint density at radius 3 is 2.33 bits per heavy atom. The highest BCUT2D eigenvalue weighted by atomic mass is 16.5. The monoisotopic (exact) mass is 462 g/mol. The number of nitrogens with zero attached hydrogens (tertiary/aromatic N) is 3. The summed E-state index contributed by atoms with van der Waals surface area (Å²) in [4.78, 5) is 19.9. The van der Waals surface area contributed by atoms with Gasteiger partial charge in [-0.25, -0.2) is 0 Å². The van der Waals surface area contributed by atoms with Crippen molar-refractivity contribution in [1.29, 1.82) is 0 Å². The van der Waals surface area contributed by atoms with E-state index in [2.05, 4.69) is 33.9 Å². The molecule has 2 heterocycles. The lowest BCUT2D eigenvalue weighted by Gasteiger charge is -2.38. The molecule has 8 nitrogen and oxygen atoms in total. The number of benzene rings is 1. The van der Waals surface area contributed by atoms with Crippen LogP contribution in [0.25, 0.3) is 0 Å². The Hall–Kier alpha value is -2.03. The molecule has 1 aromatic rings. The fraction of sp³-hybridized carbons (Fsp3) is 0.720. The minimum atomic E-state index is -0.0358. The van der Waals surface area contributed by atoms with Crippen molar-refractivity contribution in [1.82, 2.24) is 9.80 Å². The van der Waals surface area contributed by atoms with Gasteiger partial charge < -0.3 is 29.3 Å². The number of rotatable bonds is 10. The first-order valence-corrected chi connectivity index (χ1v) is 12.4. The molecule has 2 aliphatic heterocycles. The molecule has 0 atom stereocenters. The van der Waals surface area contributed by atoms with Gasteiger partial charge in [-0.05, 0) is 60.7 Å². The van der Waals surface area contributed by atoms with Gasteiger partial charge in [0.15, 0.2) is 0 Å². The quantitative estimate of drug-likeness (QED) is 0.573. The summed E-state index contributed by atoms with van der Waals surface area (Å²) in [6, 6.07) is 4.90. The van der Waals surface area contributed by atoms with Crippen molar-refractivity contribution in [2.24, 2.45) is 0 Å². The molecule has 1 aromatic carbocycles. The molecule has 0 radical (unpaired) electrons. The lowest BCUT2D eigenvalue weighted by molar-refractivity contribution is -0.117. The maximum absolute atomic E-state index is 13.0. The molecule has 8 heteroatoms. The third kappa shape index (κ3) is 6.98. The summed E-state index contributed by atoms with van der Waals surface area (Å²) < 4.78 is 17.4. The minimum Gasteiger partial charge on any atom is -0.492 e. The number of nitrogens with one attached hydrogen (secondary N) is 1. The third-order valence-corrected chi connectivity index (χ3v) is 6.53. The first-order chi connectivity index (χ1) is 15.9. The summed E-state index contributed by atoms with van der Waals surface area (Å²) in [5.41, 5.74) is 1.64. The van der Waals surface area contributed by atoms with E-state index in [-0.39, 0.29) is 5.91 Å². The molecule has 0 unspecified atom stereocenters. The standard InChI is InChI=1S/C25H42N4O4/c1-6-32-23-17-22(29-12-14-31-15-13-29)24(33-7-2)16-21(23)26-25(30)18-27(5)20-8-10-28(11-9-20)19(3)4/h16-17,19-20H,6-15,18H2,1-5H3,(H,26,30). The molecule has 0 spiro atoms. The van der Waals surface area contributed by atoms with E-state index < -0.39 is 0 Å². The Balaban J connectivity index is 1.69. The highest BCUT2D eigenvalue weighted by Crippen LogP contribution is 2.39. The predicted molar refractivity (Wildman–Crippen MR) is 133 cm³/mol. The molecule has 33 heavy (non-hydrogen) atoms. The van der Waals surface area contributed by atoms with Crippen molar-refractivity contribution in [3.8, 4) is 11.5 Å². The molecule has 3 rings (SSSR count). The Labute approximate surface area is 199 Å². The summed E-state index contributed by atoms with van der Waals surface area (Å²) in [5.74, 6) is 1.39. The first kappa shape index (κ1) is 25.6. The van der Waals surface area contributed by atoms with E-state index >= 15 is 0 Å². The van der Waals surface area contributed by atoms with Crippen LogP contribution in [0.5, 0.6) is 11.5 Å². The largest absolute Gasteiger partial charge is 0.492 e. The molecule has 1 N–H and O–H groups in total. The number of amides is 1. The second kappa shape index (κ2) is 12.4. The Morgan fingerprint density at radius 1 is 1.09 bits per heavy atom. The lowest BCUT2D eigenvalue weighted by Crippen LogP contribution is -2.47. The highest BCUT2D eigenvalue weighted by Gasteiger charge is 2.25. The van der Waals surface area contributed by atoms with E-state index in [1.54, 1.807) is 0 Å². The van der Waals surface area contributed by atoms with Gasteiger partial charge in [0.25, 0.3) is 0 Å². The fourth-order valence-electron chi connectivity index (χ4n) is 4.63. The van der Waals surface area contributed by atoms with Gasteiger partial charge in [0.1, 0.15) is 11.5 Å². The number of anilines is 2. The zero-order valence-corrected chi connectivity index (χ0v) is 21.1. The van der Waals surface area contributed by atoms with E-state index in [4.69, 9.17) is 14.2 Å². The number of morpholine rings is 1. The van der Waals surface area contributed by atoms with Crippen molar-refractivity contribution in [2.45, 2.75) is 52.6 Å². The zero-order valence-electron chi connectivity index (χ0n) is 21.1. The maximum atomic E-state index is 13.0. The number of carbonyl (C=O) groups is 1. The lowest BCUT2D eigenvalue weighted by atomic mass is 10.0. The van der Waals surface area contributed by atoms with E-state index in [9.17, 15) is 4.79 Å². The first-order valence-electron chi connectivity index (χ1n) is 12.4. The molecule has 2 fully saturated rings. The smallest absolute Gasteiger partial charge is 0.238 e. The van der Waals surface area contributed by atoms with Crippen LogP contribution in [-0.4, -0.2) is 94.0 Å². The number of hydrogen-bond acceptors (Lipinski definition) is 7.